The van der Waals surface area contributed by atoms with Crippen molar-refractivity contribution in [2.75, 3.05) is 13.2 Å². The summed E-state index contributed by atoms with van der Waals surface area (Å²) in [5.74, 6) is -12.9. The maximum absolute atomic E-state index is 12.2. The van der Waals surface area contributed by atoms with Gasteiger partial charge >= 0.3 is 0 Å². The van der Waals surface area contributed by atoms with Crippen LogP contribution in [0, 0.1) is 29.1 Å². The third-order valence-electron chi connectivity index (χ3n) is 2.01. The average molecular weight is 256 g/mol. The van der Waals surface area contributed by atoms with E-state index in [0.29, 0.717) is 0 Å². The number of rotatable bonds is 0. The van der Waals surface area contributed by atoms with Gasteiger partial charge in [-0.1, -0.05) is 0 Å². The zero-order chi connectivity index (χ0) is 13.0. The fourth-order valence-corrected chi connectivity index (χ4v) is 1.10. The van der Waals surface area contributed by atoms with Crippen molar-refractivity contribution in [3.05, 3.63) is 29.1 Å². The predicted octanol–water partition coefficient (Wildman–Crippen LogP) is 2.88. The van der Waals surface area contributed by atoms with Crippen molar-refractivity contribution in [2.24, 2.45) is 0 Å². The summed E-state index contributed by atoms with van der Waals surface area (Å²) in [7, 11) is 0. The Kier molecular flexibility index (Phi) is 4.68. The first-order valence-corrected chi connectivity index (χ1v) is 4.75. The molecule has 1 saturated heterocycles. The van der Waals surface area contributed by atoms with Crippen molar-refractivity contribution in [3.8, 4) is 5.75 Å². The van der Waals surface area contributed by atoms with Gasteiger partial charge in [0.2, 0.25) is 29.1 Å². The molecule has 0 amide bonds. The van der Waals surface area contributed by atoms with E-state index in [9.17, 15) is 22.0 Å². The highest BCUT2D eigenvalue weighted by Crippen LogP contribution is 2.27. The predicted molar refractivity (Wildman–Crippen MR) is 47.9 cm³/mol. The Balaban J connectivity index is 0.000000239. The van der Waals surface area contributed by atoms with Crippen molar-refractivity contribution < 1.29 is 31.8 Å². The first-order valence-electron chi connectivity index (χ1n) is 4.75. The normalized spacial score (nSPS) is 14.4. The van der Waals surface area contributed by atoms with Crippen LogP contribution >= 0.6 is 0 Å². The summed E-state index contributed by atoms with van der Waals surface area (Å²) in [4.78, 5) is 0. The highest BCUT2D eigenvalue weighted by molar-refractivity contribution is 5.27. The molecule has 17 heavy (non-hydrogen) atoms. The average Bonchev–Trinajstić information content (AvgIpc) is 2.90. The molecule has 96 valence electrons. The Bertz CT molecular complexity index is 292. The summed E-state index contributed by atoms with van der Waals surface area (Å²) < 4.78 is 65.6. The Morgan fingerprint density at radius 3 is 1.35 bits per heavy atom. The minimum atomic E-state index is -2.29. The van der Waals surface area contributed by atoms with Gasteiger partial charge in [-0.25, -0.2) is 13.2 Å². The highest BCUT2D eigenvalue weighted by Gasteiger charge is 2.24. The Morgan fingerprint density at radius 2 is 1.06 bits per heavy atom. The summed E-state index contributed by atoms with van der Waals surface area (Å²) in [6.45, 7) is 2.00. The highest BCUT2D eigenvalue weighted by atomic mass is 19.2. The second-order valence-electron chi connectivity index (χ2n) is 3.24. The van der Waals surface area contributed by atoms with Crippen LogP contribution in [0.2, 0.25) is 0 Å². The summed E-state index contributed by atoms with van der Waals surface area (Å²) >= 11 is 0. The number of aromatic hydroxyl groups is 1. The topological polar surface area (TPSA) is 29.5 Å². The lowest BCUT2D eigenvalue weighted by atomic mass is 10.3. The van der Waals surface area contributed by atoms with Gasteiger partial charge in [0.1, 0.15) is 0 Å². The molecule has 0 spiro atoms. The molecule has 0 bridgehead atoms. The van der Waals surface area contributed by atoms with Crippen molar-refractivity contribution in [3.63, 3.8) is 0 Å². The van der Waals surface area contributed by atoms with Crippen molar-refractivity contribution in [1.29, 1.82) is 0 Å². The second-order valence-corrected chi connectivity index (χ2v) is 3.24. The van der Waals surface area contributed by atoms with Crippen LogP contribution in [0.15, 0.2) is 0 Å². The molecule has 0 aromatic heterocycles. The van der Waals surface area contributed by atoms with Crippen molar-refractivity contribution >= 4 is 0 Å². The van der Waals surface area contributed by atoms with Gasteiger partial charge < -0.3 is 9.84 Å². The van der Waals surface area contributed by atoms with E-state index >= 15 is 0 Å². The number of phenolic OH excluding ortho intramolecular Hbond substituents is 1. The molecule has 0 saturated carbocycles. The third-order valence-corrected chi connectivity index (χ3v) is 2.01. The molecule has 0 radical (unpaired) electrons. The molecule has 1 heterocycles. The minimum absolute atomic E-state index is 1.00. The van der Waals surface area contributed by atoms with E-state index in [1.54, 1.807) is 0 Å². The zero-order valence-corrected chi connectivity index (χ0v) is 8.57. The van der Waals surface area contributed by atoms with E-state index in [-0.39, 0.29) is 0 Å². The summed E-state index contributed by atoms with van der Waals surface area (Å²) in [6.07, 6.45) is 2.56. The number of hydrogen-bond donors (Lipinski definition) is 1. The third kappa shape index (κ3) is 3.06. The van der Waals surface area contributed by atoms with E-state index in [1.807, 2.05) is 0 Å². The summed E-state index contributed by atoms with van der Waals surface area (Å²) in [5, 5.41) is 8.30. The minimum Gasteiger partial charge on any atom is -0.503 e. The fourth-order valence-electron chi connectivity index (χ4n) is 1.10. The first kappa shape index (κ1) is 13.7. The largest absolute Gasteiger partial charge is 0.503 e. The maximum Gasteiger partial charge on any atom is 0.206 e. The van der Waals surface area contributed by atoms with Crippen LogP contribution in [-0.4, -0.2) is 18.3 Å². The van der Waals surface area contributed by atoms with Crippen LogP contribution < -0.4 is 0 Å². The SMILES string of the molecule is C1CCOC1.Oc1c(F)c(F)c(F)c(F)c1F. The Morgan fingerprint density at radius 1 is 0.706 bits per heavy atom. The lowest BCUT2D eigenvalue weighted by Gasteiger charge is -2.00. The lowest BCUT2D eigenvalue weighted by molar-refractivity contribution is 0.198. The van der Waals surface area contributed by atoms with Gasteiger partial charge in [-0.2, -0.15) is 8.78 Å². The maximum atomic E-state index is 12.2. The van der Waals surface area contributed by atoms with Gasteiger partial charge in [0.25, 0.3) is 0 Å². The smallest absolute Gasteiger partial charge is 0.206 e. The number of phenols is 1. The molecular formula is C10H9F5O2. The quantitative estimate of drug-likeness (QED) is 0.439. The molecule has 1 aliphatic rings. The van der Waals surface area contributed by atoms with Gasteiger partial charge in [-0.15, -0.1) is 0 Å². The van der Waals surface area contributed by atoms with Crippen LogP contribution in [0.25, 0.3) is 0 Å². The molecule has 2 nitrogen and oxygen atoms in total. The second kappa shape index (κ2) is 5.81. The molecule has 0 atom stereocenters. The summed E-state index contributed by atoms with van der Waals surface area (Å²) in [5.41, 5.74) is 0. The molecule has 1 aromatic carbocycles. The zero-order valence-electron chi connectivity index (χ0n) is 8.57. The van der Waals surface area contributed by atoms with E-state index in [0.717, 1.165) is 13.2 Å². The van der Waals surface area contributed by atoms with Gasteiger partial charge in [-0.05, 0) is 12.8 Å². The molecule has 1 aliphatic heterocycles. The summed E-state index contributed by atoms with van der Waals surface area (Å²) in [6, 6.07) is 0. The van der Waals surface area contributed by atoms with Crippen molar-refractivity contribution in [1.82, 2.24) is 0 Å². The van der Waals surface area contributed by atoms with Crippen LogP contribution in [0.3, 0.4) is 0 Å². The van der Waals surface area contributed by atoms with Gasteiger partial charge in [0.15, 0.2) is 5.75 Å². The molecule has 7 heteroatoms. The Labute approximate surface area is 93.6 Å². The van der Waals surface area contributed by atoms with E-state index in [2.05, 4.69) is 0 Å². The fraction of sp³-hybridized carbons (Fsp3) is 0.400. The molecule has 1 N–H and O–H groups in total. The Hall–Kier alpha value is -1.37. The van der Waals surface area contributed by atoms with Gasteiger partial charge in [-0.3, -0.25) is 0 Å². The lowest BCUT2D eigenvalue weighted by Crippen LogP contribution is -2.00. The van der Waals surface area contributed by atoms with E-state index in [4.69, 9.17) is 9.84 Å². The van der Waals surface area contributed by atoms with Crippen LogP contribution in [0.5, 0.6) is 5.75 Å². The van der Waals surface area contributed by atoms with E-state index < -0.39 is 34.8 Å². The molecular weight excluding hydrogens is 247 g/mol. The van der Waals surface area contributed by atoms with Gasteiger partial charge in [0.05, 0.1) is 0 Å². The van der Waals surface area contributed by atoms with Gasteiger partial charge in [0, 0.05) is 13.2 Å². The first-order chi connectivity index (χ1) is 7.96. The van der Waals surface area contributed by atoms with Crippen LogP contribution in [-0.2, 0) is 4.74 Å². The standard InChI is InChI=1S/C6HF5O.C4H8O/c7-1-2(8)4(10)6(12)5(11)3(1)9;1-2-4-5-3-1/h12H;1-4H2. The van der Waals surface area contributed by atoms with E-state index in [1.165, 1.54) is 12.8 Å². The molecule has 0 aliphatic carbocycles. The number of benzene rings is 1. The molecule has 2 rings (SSSR count). The molecule has 1 aromatic rings. The van der Waals surface area contributed by atoms with Crippen molar-refractivity contribution in [2.45, 2.75) is 12.8 Å². The monoisotopic (exact) mass is 256 g/mol. The molecule has 0 unspecified atom stereocenters. The number of ether oxygens (including phenoxy) is 1. The van der Waals surface area contributed by atoms with Crippen LogP contribution in [0.4, 0.5) is 22.0 Å². The number of halogens is 5. The molecule has 1 fully saturated rings. The number of hydrogen-bond acceptors (Lipinski definition) is 2. The van der Waals surface area contributed by atoms with Crippen LogP contribution in [0.1, 0.15) is 12.8 Å².